The van der Waals surface area contributed by atoms with Gasteiger partial charge in [-0.3, -0.25) is 14.5 Å². The molecule has 1 fully saturated rings. The fourth-order valence-corrected chi connectivity index (χ4v) is 5.06. The van der Waals surface area contributed by atoms with Crippen LogP contribution in [0.5, 0.6) is 0 Å². The van der Waals surface area contributed by atoms with E-state index in [-0.39, 0.29) is 29.8 Å². The number of hydrogen-bond donors (Lipinski definition) is 0. The van der Waals surface area contributed by atoms with Crippen LogP contribution in [0.25, 0.3) is 0 Å². The SMILES string of the molecule is Cc1ccc([C@H]2CC(c3ccc(C)c(C)c3)=NN2C(=O)CN(CCN2CCOCC2)C(=O)CC(C)(C)C)cc1. The third-order valence-electron chi connectivity index (χ3n) is 7.62. The maximum atomic E-state index is 13.9. The van der Waals surface area contributed by atoms with Crippen LogP contribution in [0, 0.1) is 26.2 Å². The first-order valence-corrected chi connectivity index (χ1v) is 14.1. The summed E-state index contributed by atoms with van der Waals surface area (Å²) in [6.07, 6.45) is 1.03. The first kappa shape index (κ1) is 29.0. The number of hydrogen-bond acceptors (Lipinski definition) is 5. The van der Waals surface area contributed by atoms with Crippen LogP contribution >= 0.6 is 0 Å². The van der Waals surface area contributed by atoms with Gasteiger partial charge in [-0.25, -0.2) is 5.01 Å². The Hall–Kier alpha value is -3.03. The van der Waals surface area contributed by atoms with E-state index < -0.39 is 0 Å². The summed E-state index contributed by atoms with van der Waals surface area (Å²) in [4.78, 5) is 31.4. The van der Waals surface area contributed by atoms with Crippen LogP contribution < -0.4 is 0 Å². The minimum absolute atomic E-state index is 0.00792. The lowest BCUT2D eigenvalue weighted by Gasteiger charge is -2.32. The second-order valence-corrected chi connectivity index (χ2v) is 12.2. The van der Waals surface area contributed by atoms with Crippen molar-refractivity contribution in [1.82, 2.24) is 14.8 Å². The summed E-state index contributed by atoms with van der Waals surface area (Å²) < 4.78 is 5.48. The van der Waals surface area contributed by atoms with E-state index in [0.717, 1.165) is 36.5 Å². The highest BCUT2D eigenvalue weighted by Gasteiger charge is 2.35. The zero-order valence-corrected chi connectivity index (χ0v) is 24.5. The van der Waals surface area contributed by atoms with Crippen molar-refractivity contribution in [3.05, 3.63) is 70.3 Å². The van der Waals surface area contributed by atoms with E-state index in [4.69, 9.17) is 9.84 Å². The smallest absolute Gasteiger partial charge is 0.262 e. The van der Waals surface area contributed by atoms with Gasteiger partial charge in [-0.1, -0.05) is 62.7 Å². The van der Waals surface area contributed by atoms with Crippen LogP contribution in [0.15, 0.2) is 47.6 Å². The Morgan fingerprint density at radius 2 is 1.69 bits per heavy atom. The van der Waals surface area contributed by atoms with Gasteiger partial charge in [-0.2, -0.15) is 5.10 Å². The molecule has 2 aliphatic rings. The molecule has 0 spiro atoms. The fraction of sp³-hybridized carbons (Fsp3) is 0.531. The minimum Gasteiger partial charge on any atom is -0.379 e. The standard InChI is InChI=1S/C32H44N4O3/c1-23-7-10-26(11-8-23)29-20-28(27-12-9-24(2)25(3)19-27)33-36(29)31(38)22-35(30(37)21-32(4,5)6)14-13-34-15-17-39-18-16-34/h7-12,19,29H,13-18,20-22H2,1-6H3/t29-/m1/s1. The summed E-state index contributed by atoms with van der Waals surface area (Å²) in [5.41, 5.74) is 6.44. The van der Waals surface area contributed by atoms with Crippen molar-refractivity contribution in [3.8, 4) is 0 Å². The molecule has 0 saturated carbocycles. The fourth-order valence-electron chi connectivity index (χ4n) is 5.06. The first-order valence-electron chi connectivity index (χ1n) is 14.1. The number of carbonyl (C=O) groups is 2. The van der Waals surface area contributed by atoms with E-state index in [2.05, 4.69) is 88.9 Å². The lowest BCUT2D eigenvalue weighted by molar-refractivity contribution is -0.142. The minimum atomic E-state index is -0.200. The Labute approximate surface area is 233 Å². The molecule has 2 aromatic rings. The largest absolute Gasteiger partial charge is 0.379 e. The predicted molar refractivity (Wildman–Crippen MR) is 156 cm³/mol. The number of amides is 2. The summed E-state index contributed by atoms with van der Waals surface area (Å²) in [6, 6.07) is 14.5. The van der Waals surface area contributed by atoms with Gasteiger partial charge in [0, 0.05) is 39.0 Å². The van der Waals surface area contributed by atoms with Crippen molar-refractivity contribution in [2.75, 3.05) is 45.9 Å². The molecule has 7 heteroatoms. The second kappa shape index (κ2) is 12.4. The maximum absolute atomic E-state index is 13.9. The van der Waals surface area contributed by atoms with Crippen LogP contribution in [0.1, 0.15) is 67.5 Å². The zero-order chi connectivity index (χ0) is 28.2. The molecular weight excluding hydrogens is 488 g/mol. The van der Waals surface area contributed by atoms with Gasteiger partial charge in [-0.15, -0.1) is 0 Å². The Morgan fingerprint density at radius 1 is 1.00 bits per heavy atom. The van der Waals surface area contributed by atoms with Gasteiger partial charge in [0.1, 0.15) is 6.54 Å². The number of benzene rings is 2. The van der Waals surface area contributed by atoms with Gasteiger partial charge >= 0.3 is 0 Å². The highest BCUT2D eigenvalue weighted by Crippen LogP contribution is 2.33. The quantitative estimate of drug-likeness (QED) is 0.486. The van der Waals surface area contributed by atoms with Crippen LogP contribution in [0.4, 0.5) is 0 Å². The second-order valence-electron chi connectivity index (χ2n) is 12.2. The Bertz CT molecular complexity index is 1190. The van der Waals surface area contributed by atoms with Gasteiger partial charge in [0.15, 0.2) is 0 Å². The van der Waals surface area contributed by atoms with Crippen LogP contribution in [0.2, 0.25) is 0 Å². The molecule has 0 unspecified atom stereocenters. The number of hydrazone groups is 1. The molecule has 0 N–H and O–H groups in total. The molecule has 0 radical (unpaired) electrons. The summed E-state index contributed by atoms with van der Waals surface area (Å²) in [5.74, 6) is -0.141. The molecule has 0 aromatic heterocycles. The van der Waals surface area contributed by atoms with Gasteiger partial charge in [0.05, 0.1) is 25.0 Å². The Balaban J connectivity index is 1.58. The normalized spacial score (nSPS) is 18.3. The van der Waals surface area contributed by atoms with Crippen LogP contribution in [0.3, 0.4) is 0 Å². The Morgan fingerprint density at radius 3 is 2.33 bits per heavy atom. The van der Waals surface area contributed by atoms with Gasteiger partial charge in [-0.05, 0) is 54.5 Å². The van der Waals surface area contributed by atoms with E-state index >= 15 is 0 Å². The summed E-state index contributed by atoms with van der Waals surface area (Å²) in [6.45, 7) is 16.8. The first-order chi connectivity index (χ1) is 18.5. The monoisotopic (exact) mass is 532 g/mol. The highest BCUT2D eigenvalue weighted by atomic mass is 16.5. The number of aryl methyl sites for hydroxylation is 3. The molecule has 1 saturated heterocycles. The topological polar surface area (TPSA) is 65.5 Å². The van der Waals surface area contributed by atoms with E-state index in [1.54, 1.807) is 9.91 Å². The van der Waals surface area contributed by atoms with Crippen molar-refractivity contribution >= 4 is 17.5 Å². The lowest BCUT2D eigenvalue weighted by Crippen LogP contribution is -2.47. The van der Waals surface area contributed by atoms with E-state index in [9.17, 15) is 9.59 Å². The molecule has 39 heavy (non-hydrogen) atoms. The molecule has 2 amide bonds. The van der Waals surface area contributed by atoms with Crippen molar-refractivity contribution in [3.63, 3.8) is 0 Å². The molecule has 210 valence electrons. The molecule has 4 rings (SSSR count). The van der Waals surface area contributed by atoms with Crippen molar-refractivity contribution in [1.29, 1.82) is 0 Å². The molecular formula is C32H44N4O3. The average Bonchev–Trinajstić information content (AvgIpc) is 3.34. The maximum Gasteiger partial charge on any atom is 0.262 e. The summed E-state index contributed by atoms with van der Waals surface area (Å²) >= 11 is 0. The number of rotatable bonds is 8. The van der Waals surface area contributed by atoms with E-state index in [1.165, 1.54) is 16.7 Å². The Kier molecular flexibility index (Phi) is 9.23. The lowest BCUT2D eigenvalue weighted by atomic mass is 9.91. The van der Waals surface area contributed by atoms with Crippen molar-refractivity contribution in [2.24, 2.45) is 10.5 Å². The molecule has 7 nitrogen and oxygen atoms in total. The highest BCUT2D eigenvalue weighted by molar-refractivity contribution is 6.03. The zero-order valence-electron chi connectivity index (χ0n) is 24.5. The average molecular weight is 533 g/mol. The van der Waals surface area contributed by atoms with E-state index in [0.29, 0.717) is 32.6 Å². The number of morpholine rings is 1. The van der Waals surface area contributed by atoms with Crippen LogP contribution in [-0.2, 0) is 14.3 Å². The third-order valence-corrected chi connectivity index (χ3v) is 7.62. The number of nitrogens with zero attached hydrogens (tertiary/aromatic N) is 4. The third kappa shape index (κ3) is 7.76. The molecule has 2 heterocycles. The number of carbonyl (C=O) groups excluding carboxylic acids is 2. The van der Waals surface area contributed by atoms with Crippen molar-refractivity contribution in [2.45, 2.75) is 60.4 Å². The molecule has 1 atom stereocenters. The van der Waals surface area contributed by atoms with E-state index in [1.807, 2.05) is 0 Å². The summed E-state index contributed by atoms with van der Waals surface area (Å²) in [7, 11) is 0. The van der Waals surface area contributed by atoms with Crippen molar-refractivity contribution < 1.29 is 14.3 Å². The summed E-state index contributed by atoms with van der Waals surface area (Å²) in [5, 5.41) is 6.51. The number of ether oxygens (including phenoxy) is 1. The molecule has 0 bridgehead atoms. The molecule has 0 aliphatic carbocycles. The molecule has 2 aliphatic heterocycles. The molecule has 2 aromatic carbocycles. The predicted octanol–water partition coefficient (Wildman–Crippen LogP) is 4.89. The van der Waals surface area contributed by atoms with Gasteiger partial charge in [0.2, 0.25) is 5.91 Å². The van der Waals surface area contributed by atoms with Crippen LogP contribution in [-0.4, -0.2) is 78.3 Å². The van der Waals surface area contributed by atoms with Gasteiger partial charge in [0.25, 0.3) is 5.91 Å². The van der Waals surface area contributed by atoms with Gasteiger partial charge < -0.3 is 9.64 Å².